The molecule has 0 bridgehead atoms. The van der Waals surface area contributed by atoms with Gasteiger partial charge in [-0.15, -0.1) is 0 Å². The van der Waals surface area contributed by atoms with Gasteiger partial charge < -0.3 is 10.1 Å². The molecule has 2 nitrogen and oxygen atoms in total. The molecule has 0 fully saturated rings. The third-order valence-electron chi connectivity index (χ3n) is 3.03. The summed E-state index contributed by atoms with van der Waals surface area (Å²) in [5.74, 6) is 0.797. The topological polar surface area (TPSA) is 21.3 Å². The first-order valence-electron chi connectivity index (χ1n) is 6.52. The van der Waals surface area contributed by atoms with E-state index in [2.05, 4.69) is 40.3 Å². The maximum atomic E-state index is 6.11. The highest BCUT2D eigenvalue weighted by atomic mass is 79.9. The summed E-state index contributed by atoms with van der Waals surface area (Å²) < 4.78 is 6.53. The molecule has 0 unspecified atom stereocenters. The lowest BCUT2D eigenvalue weighted by Gasteiger charge is -2.15. The van der Waals surface area contributed by atoms with E-state index < -0.39 is 0 Å². The smallest absolute Gasteiger partial charge is 0.156 e. The minimum Gasteiger partial charge on any atom is -0.491 e. The molecule has 20 heavy (non-hydrogen) atoms. The molecule has 0 saturated carbocycles. The Morgan fingerprint density at radius 1 is 1.25 bits per heavy atom. The summed E-state index contributed by atoms with van der Waals surface area (Å²) in [6.07, 6.45) is 0. The maximum Gasteiger partial charge on any atom is 0.156 e. The fourth-order valence-corrected chi connectivity index (χ4v) is 2.91. The van der Waals surface area contributed by atoms with Gasteiger partial charge in [0.05, 0.1) is 16.8 Å². The molecule has 1 N–H and O–H groups in total. The number of aryl methyl sites for hydroxylation is 1. The zero-order valence-corrected chi connectivity index (χ0v) is 13.9. The van der Waals surface area contributed by atoms with Gasteiger partial charge in [0.15, 0.2) is 5.75 Å². The summed E-state index contributed by atoms with van der Waals surface area (Å²) in [5.41, 5.74) is 3.42. The molecular weight excluding hydrogens is 338 g/mol. The van der Waals surface area contributed by atoms with Gasteiger partial charge >= 0.3 is 0 Å². The summed E-state index contributed by atoms with van der Waals surface area (Å²) in [6, 6.07) is 12.0. The molecule has 0 aliphatic heterocycles. The lowest BCUT2D eigenvalue weighted by Crippen LogP contribution is -2.04. The van der Waals surface area contributed by atoms with E-state index in [0.717, 1.165) is 22.5 Å². The SMILES string of the molecule is CCOc1c(Br)cc(Cl)cc1NCc1ccccc1C. The van der Waals surface area contributed by atoms with Gasteiger partial charge in [-0.05, 0) is 53.0 Å². The number of hydrogen-bond acceptors (Lipinski definition) is 2. The van der Waals surface area contributed by atoms with Gasteiger partial charge in [-0.25, -0.2) is 0 Å². The van der Waals surface area contributed by atoms with Crippen LogP contribution in [0.4, 0.5) is 5.69 Å². The predicted molar refractivity (Wildman–Crippen MR) is 88.8 cm³/mol. The number of anilines is 1. The molecule has 0 aromatic heterocycles. The van der Waals surface area contributed by atoms with Crippen LogP contribution in [0.1, 0.15) is 18.1 Å². The monoisotopic (exact) mass is 353 g/mol. The standard InChI is InChI=1S/C16H17BrClNO/c1-3-20-16-14(17)8-13(18)9-15(16)19-10-12-7-5-4-6-11(12)2/h4-9,19H,3,10H2,1-2H3. The molecule has 2 aromatic carbocycles. The summed E-state index contributed by atoms with van der Waals surface area (Å²) in [7, 11) is 0. The average Bonchev–Trinajstić information content (AvgIpc) is 2.41. The quantitative estimate of drug-likeness (QED) is 0.774. The molecule has 0 amide bonds. The predicted octanol–water partition coefficient (Wildman–Crippen LogP) is 5.42. The summed E-state index contributed by atoms with van der Waals surface area (Å²) >= 11 is 9.60. The lowest BCUT2D eigenvalue weighted by atomic mass is 10.1. The molecule has 0 aliphatic carbocycles. The third-order valence-corrected chi connectivity index (χ3v) is 3.83. The number of nitrogens with one attached hydrogen (secondary N) is 1. The second-order valence-corrected chi connectivity index (χ2v) is 5.77. The highest BCUT2D eigenvalue weighted by molar-refractivity contribution is 9.10. The maximum absolute atomic E-state index is 6.11. The van der Waals surface area contributed by atoms with Crippen molar-refractivity contribution in [3.8, 4) is 5.75 Å². The fourth-order valence-electron chi connectivity index (χ4n) is 1.98. The largest absolute Gasteiger partial charge is 0.491 e. The van der Waals surface area contributed by atoms with Gasteiger partial charge in [0, 0.05) is 11.6 Å². The van der Waals surface area contributed by atoms with E-state index in [1.165, 1.54) is 11.1 Å². The first kappa shape index (κ1) is 15.2. The molecule has 0 heterocycles. The van der Waals surface area contributed by atoms with Crippen molar-refractivity contribution in [1.82, 2.24) is 0 Å². The van der Waals surface area contributed by atoms with Gasteiger partial charge in [-0.1, -0.05) is 35.9 Å². The summed E-state index contributed by atoms with van der Waals surface area (Å²) in [6.45, 7) is 5.42. The van der Waals surface area contributed by atoms with E-state index in [-0.39, 0.29) is 0 Å². The molecule has 4 heteroatoms. The van der Waals surface area contributed by atoms with Gasteiger partial charge in [-0.3, -0.25) is 0 Å². The van der Waals surface area contributed by atoms with E-state index in [1.807, 2.05) is 31.2 Å². The molecule has 0 radical (unpaired) electrons. The van der Waals surface area contributed by atoms with Crippen LogP contribution in [0.3, 0.4) is 0 Å². The second-order valence-electron chi connectivity index (χ2n) is 4.48. The minimum atomic E-state index is 0.610. The zero-order valence-electron chi connectivity index (χ0n) is 11.5. The van der Waals surface area contributed by atoms with Gasteiger partial charge in [-0.2, -0.15) is 0 Å². The molecule has 2 aromatic rings. The Bertz CT molecular complexity index is 601. The molecule has 0 spiro atoms. The fraction of sp³-hybridized carbons (Fsp3) is 0.250. The number of hydrogen-bond donors (Lipinski definition) is 1. The highest BCUT2D eigenvalue weighted by Gasteiger charge is 2.10. The van der Waals surface area contributed by atoms with Crippen molar-refractivity contribution in [2.24, 2.45) is 0 Å². The van der Waals surface area contributed by atoms with Crippen molar-refractivity contribution in [1.29, 1.82) is 0 Å². The Labute approximate surface area is 133 Å². The molecular formula is C16H17BrClNO. The van der Waals surface area contributed by atoms with Gasteiger partial charge in [0.25, 0.3) is 0 Å². The molecule has 0 aliphatic rings. The number of halogens is 2. The minimum absolute atomic E-state index is 0.610. The Morgan fingerprint density at radius 3 is 2.70 bits per heavy atom. The van der Waals surface area contributed by atoms with Crippen molar-refractivity contribution in [3.05, 3.63) is 57.0 Å². The van der Waals surface area contributed by atoms with Crippen molar-refractivity contribution >= 4 is 33.2 Å². The van der Waals surface area contributed by atoms with Crippen LogP contribution in [0.2, 0.25) is 5.02 Å². The van der Waals surface area contributed by atoms with Crippen LogP contribution in [-0.4, -0.2) is 6.61 Å². The Hall–Kier alpha value is -1.19. The zero-order chi connectivity index (χ0) is 14.5. The van der Waals surface area contributed by atoms with Crippen molar-refractivity contribution in [2.45, 2.75) is 20.4 Å². The lowest BCUT2D eigenvalue weighted by molar-refractivity contribution is 0.339. The number of benzene rings is 2. The number of rotatable bonds is 5. The van der Waals surface area contributed by atoms with Crippen LogP contribution in [0.15, 0.2) is 40.9 Å². The van der Waals surface area contributed by atoms with Crippen LogP contribution in [0, 0.1) is 6.92 Å². The van der Waals surface area contributed by atoms with Crippen molar-refractivity contribution in [3.63, 3.8) is 0 Å². The Morgan fingerprint density at radius 2 is 2.00 bits per heavy atom. The highest BCUT2D eigenvalue weighted by Crippen LogP contribution is 2.36. The molecule has 0 saturated heterocycles. The van der Waals surface area contributed by atoms with E-state index in [0.29, 0.717) is 11.6 Å². The Balaban J connectivity index is 2.22. The summed E-state index contributed by atoms with van der Waals surface area (Å²) in [5, 5.41) is 4.07. The second kappa shape index (κ2) is 7.00. The van der Waals surface area contributed by atoms with E-state index in [4.69, 9.17) is 16.3 Å². The molecule has 106 valence electrons. The first-order valence-corrected chi connectivity index (χ1v) is 7.69. The molecule has 2 rings (SSSR count). The van der Waals surface area contributed by atoms with Crippen LogP contribution in [0.25, 0.3) is 0 Å². The first-order chi connectivity index (χ1) is 9.61. The summed E-state index contributed by atoms with van der Waals surface area (Å²) in [4.78, 5) is 0. The average molecular weight is 355 g/mol. The van der Waals surface area contributed by atoms with Crippen molar-refractivity contribution in [2.75, 3.05) is 11.9 Å². The normalized spacial score (nSPS) is 10.4. The molecule has 0 atom stereocenters. The third kappa shape index (κ3) is 3.68. The van der Waals surface area contributed by atoms with Gasteiger partial charge in [0.1, 0.15) is 0 Å². The van der Waals surface area contributed by atoms with Gasteiger partial charge in [0.2, 0.25) is 0 Å². The van der Waals surface area contributed by atoms with Crippen LogP contribution in [0.5, 0.6) is 5.75 Å². The van der Waals surface area contributed by atoms with E-state index >= 15 is 0 Å². The number of ether oxygens (including phenoxy) is 1. The van der Waals surface area contributed by atoms with Crippen LogP contribution < -0.4 is 10.1 Å². The van der Waals surface area contributed by atoms with E-state index in [1.54, 1.807) is 0 Å². The Kier molecular flexibility index (Phi) is 5.32. The van der Waals surface area contributed by atoms with E-state index in [9.17, 15) is 0 Å². The van der Waals surface area contributed by atoms with Crippen molar-refractivity contribution < 1.29 is 4.74 Å². The van der Waals surface area contributed by atoms with Crippen LogP contribution >= 0.6 is 27.5 Å². The van der Waals surface area contributed by atoms with Crippen LogP contribution in [-0.2, 0) is 6.54 Å².